The van der Waals surface area contributed by atoms with Crippen molar-refractivity contribution in [3.8, 4) is 11.6 Å². The minimum absolute atomic E-state index is 0.138. The van der Waals surface area contributed by atoms with Crippen LogP contribution in [0.3, 0.4) is 0 Å². The van der Waals surface area contributed by atoms with E-state index in [1.165, 1.54) is 0 Å². The van der Waals surface area contributed by atoms with Crippen LogP contribution in [0, 0.1) is 6.92 Å². The fourth-order valence-electron chi connectivity index (χ4n) is 2.50. The van der Waals surface area contributed by atoms with Gasteiger partial charge in [0.1, 0.15) is 5.75 Å². The Kier molecular flexibility index (Phi) is 3.83. The zero-order valence-corrected chi connectivity index (χ0v) is 12.6. The highest BCUT2D eigenvalue weighted by atomic mass is 16.5. The fourth-order valence-corrected chi connectivity index (χ4v) is 2.50. The number of benzene rings is 2. The maximum Gasteiger partial charge on any atom is 0.198 e. The first-order valence-corrected chi connectivity index (χ1v) is 7.26. The normalized spacial score (nSPS) is 11.4. The number of H-pyrrole nitrogens is 1. The number of rotatable bonds is 4. The minimum Gasteiger partial charge on any atom is -0.494 e. The van der Waals surface area contributed by atoms with Gasteiger partial charge in [-0.2, -0.15) is 0 Å². The summed E-state index contributed by atoms with van der Waals surface area (Å²) in [5, 5.41) is 11.1. The number of fused-ring (bicyclic) bond motifs is 1. The largest absolute Gasteiger partial charge is 0.494 e. The Bertz CT molecular complexity index is 817. The van der Waals surface area contributed by atoms with Crippen molar-refractivity contribution in [1.82, 2.24) is 4.98 Å². The number of aromatic nitrogens is 1. The van der Waals surface area contributed by atoms with E-state index in [0.29, 0.717) is 12.2 Å². The zero-order valence-electron chi connectivity index (χ0n) is 12.6. The van der Waals surface area contributed by atoms with Crippen LogP contribution in [0.15, 0.2) is 47.5 Å². The topological polar surface area (TPSA) is 57.6 Å². The van der Waals surface area contributed by atoms with Gasteiger partial charge in [0, 0.05) is 17.1 Å². The van der Waals surface area contributed by atoms with Crippen molar-refractivity contribution < 1.29 is 9.84 Å². The molecule has 0 aliphatic rings. The number of aliphatic imine (C=N–C) groups is 1. The number of hydrogen-bond donors (Lipinski definition) is 2. The lowest BCUT2D eigenvalue weighted by Crippen LogP contribution is -1.89. The summed E-state index contributed by atoms with van der Waals surface area (Å²) in [5.41, 5.74) is 3.53. The molecule has 2 N–H and O–H groups in total. The van der Waals surface area contributed by atoms with Crippen LogP contribution < -0.4 is 4.74 Å². The molecule has 3 aromatic rings. The zero-order chi connectivity index (χ0) is 15.5. The van der Waals surface area contributed by atoms with E-state index in [0.717, 1.165) is 27.9 Å². The summed E-state index contributed by atoms with van der Waals surface area (Å²) in [7, 11) is 0. The van der Waals surface area contributed by atoms with Crippen LogP contribution >= 0.6 is 0 Å². The molecule has 0 saturated carbocycles. The Morgan fingerprint density at radius 2 is 1.95 bits per heavy atom. The van der Waals surface area contributed by atoms with Gasteiger partial charge < -0.3 is 14.8 Å². The van der Waals surface area contributed by atoms with E-state index in [4.69, 9.17) is 4.74 Å². The molecular formula is C18H18N2O2. The molecule has 0 aliphatic heterocycles. The van der Waals surface area contributed by atoms with Crippen molar-refractivity contribution in [2.45, 2.75) is 13.8 Å². The van der Waals surface area contributed by atoms with Gasteiger partial charge in [-0.1, -0.05) is 12.1 Å². The van der Waals surface area contributed by atoms with E-state index in [-0.39, 0.29) is 5.88 Å². The third-order valence-electron chi connectivity index (χ3n) is 3.54. The number of aromatic hydroxyl groups is 1. The van der Waals surface area contributed by atoms with Crippen LogP contribution in [0.25, 0.3) is 10.9 Å². The number of nitrogens with one attached hydrogen (secondary N) is 1. The summed E-state index contributed by atoms with van der Waals surface area (Å²) in [4.78, 5) is 7.42. The maximum atomic E-state index is 10.1. The molecule has 0 radical (unpaired) electrons. The molecule has 2 aromatic carbocycles. The van der Waals surface area contributed by atoms with Gasteiger partial charge in [-0.3, -0.25) is 4.99 Å². The Balaban J connectivity index is 1.94. The third kappa shape index (κ3) is 2.68. The molecule has 0 spiro atoms. The monoisotopic (exact) mass is 294 g/mol. The molecule has 0 amide bonds. The lowest BCUT2D eigenvalue weighted by Gasteiger charge is -2.02. The molecule has 0 unspecified atom stereocenters. The number of aromatic amines is 1. The highest BCUT2D eigenvalue weighted by molar-refractivity contribution is 6.04. The first-order chi connectivity index (χ1) is 10.7. The number of hydrogen-bond acceptors (Lipinski definition) is 3. The highest BCUT2D eigenvalue weighted by Crippen LogP contribution is 2.29. The first-order valence-electron chi connectivity index (χ1n) is 7.26. The molecule has 0 saturated heterocycles. The molecule has 3 rings (SSSR count). The van der Waals surface area contributed by atoms with Gasteiger partial charge in [-0.05, 0) is 49.7 Å². The van der Waals surface area contributed by atoms with E-state index >= 15 is 0 Å². The van der Waals surface area contributed by atoms with Crippen LogP contribution in [0.4, 0.5) is 5.69 Å². The van der Waals surface area contributed by atoms with Crippen LogP contribution in [0.5, 0.6) is 11.6 Å². The fraction of sp³-hybridized carbons (Fsp3) is 0.167. The third-order valence-corrected chi connectivity index (χ3v) is 3.54. The standard InChI is InChI=1S/C18H18N2O2/c1-3-22-14-9-7-13(8-10-14)19-11-15-17-12(2)5-4-6-16(17)20-18(15)21/h4-11,20-21H,3H2,1-2H3. The maximum absolute atomic E-state index is 10.1. The van der Waals surface area contributed by atoms with Gasteiger partial charge in [0.15, 0.2) is 5.88 Å². The first kappa shape index (κ1) is 14.2. The second-order valence-corrected chi connectivity index (χ2v) is 5.07. The van der Waals surface area contributed by atoms with Crippen LogP contribution in [-0.2, 0) is 0 Å². The molecule has 4 nitrogen and oxygen atoms in total. The molecule has 112 valence electrons. The SMILES string of the molecule is CCOc1ccc(N=Cc2c(O)[nH]c3cccc(C)c23)cc1. The second-order valence-electron chi connectivity index (χ2n) is 5.07. The quantitative estimate of drug-likeness (QED) is 0.704. The summed E-state index contributed by atoms with van der Waals surface area (Å²) in [6, 6.07) is 13.5. The van der Waals surface area contributed by atoms with Crippen molar-refractivity contribution in [3.63, 3.8) is 0 Å². The number of nitrogens with zero attached hydrogens (tertiary/aromatic N) is 1. The smallest absolute Gasteiger partial charge is 0.198 e. The van der Waals surface area contributed by atoms with Crippen molar-refractivity contribution in [1.29, 1.82) is 0 Å². The lowest BCUT2D eigenvalue weighted by atomic mass is 10.1. The molecule has 1 aromatic heterocycles. The van der Waals surface area contributed by atoms with Gasteiger partial charge in [0.05, 0.1) is 17.9 Å². The highest BCUT2D eigenvalue weighted by Gasteiger charge is 2.10. The predicted molar refractivity (Wildman–Crippen MR) is 89.6 cm³/mol. The molecule has 0 fully saturated rings. The molecular weight excluding hydrogens is 276 g/mol. The molecule has 4 heteroatoms. The van der Waals surface area contributed by atoms with E-state index in [9.17, 15) is 5.11 Å². The summed E-state index contributed by atoms with van der Waals surface area (Å²) in [5.74, 6) is 0.964. The Labute approximate surface area is 129 Å². The summed E-state index contributed by atoms with van der Waals surface area (Å²) >= 11 is 0. The molecule has 0 bridgehead atoms. The average Bonchev–Trinajstić information content (AvgIpc) is 2.84. The van der Waals surface area contributed by atoms with E-state index in [1.807, 2.05) is 56.3 Å². The van der Waals surface area contributed by atoms with E-state index < -0.39 is 0 Å². The van der Waals surface area contributed by atoms with Crippen LogP contribution in [0.2, 0.25) is 0 Å². The van der Waals surface area contributed by atoms with Crippen molar-refractivity contribution in [2.24, 2.45) is 4.99 Å². The van der Waals surface area contributed by atoms with Gasteiger partial charge in [-0.15, -0.1) is 0 Å². The minimum atomic E-state index is 0.138. The molecule has 1 heterocycles. The van der Waals surface area contributed by atoms with Gasteiger partial charge in [0.25, 0.3) is 0 Å². The van der Waals surface area contributed by atoms with Crippen LogP contribution in [0.1, 0.15) is 18.1 Å². The van der Waals surface area contributed by atoms with Crippen molar-refractivity contribution in [2.75, 3.05) is 6.61 Å². The Hall–Kier alpha value is -2.75. The number of ether oxygens (including phenoxy) is 1. The van der Waals surface area contributed by atoms with Crippen molar-refractivity contribution >= 4 is 22.8 Å². The molecule has 0 atom stereocenters. The van der Waals surface area contributed by atoms with Crippen LogP contribution in [-0.4, -0.2) is 22.9 Å². The summed E-state index contributed by atoms with van der Waals surface area (Å²) in [6.45, 7) is 4.61. The Morgan fingerprint density at radius 1 is 1.18 bits per heavy atom. The summed E-state index contributed by atoms with van der Waals surface area (Å²) < 4.78 is 5.41. The predicted octanol–water partition coefficient (Wildman–Crippen LogP) is 4.33. The second kappa shape index (κ2) is 5.93. The molecule has 22 heavy (non-hydrogen) atoms. The van der Waals surface area contributed by atoms with Gasteiger partial charge in [-0.25, -0.2) is 0 Å². The summed E-state index contributed by atoms with van der Waals surface area (Å²) in [6.07, 6.45) is 1.69. The Morgan fingerprint density at radius 3 is 2.68 bits per heavy atom. The van der Waals surface area contributed by atoms with Crippen molar-refractivity contribution in [3.05, 3.63) is 53.6 Å². The number of aryl methyl sites for hydroxylation is 1. The van der Waals surface area contributed by atoms with Gasteiger partial charge >= 0.3 is 0 Å². The van der Waals surface area contributed by atoms with E-state index in [2.05, 4.69) is 9.98 Å². The van der Waals surface area contributed by atoms with Gasteiger partial charge in [0.2, 0.25) is 0 Å². The molecule has 0 aliphatic carbocycles. The lowest BCUT2D eigenvalue weighted by molar-refractivity contribution is 0.340. The van der Waals surface area contributed by atoms with E-state index in [1.54, 1.807) is 6.21 Å². The average molecular weight is 294 g/mol.